The molecule has 4 aromatic carbocycles. The Bertz CT molecular complexity index is 2230. The van der Waals surface area contributed by atoms with Crippen molar-refractivity contribution in [1.29, 1.82) is 0 Å². The minimum Gasteiger partial charge on any atom is -0.490 e. The summed E-state index contributed by atoms with van der Waals surface area (Å²) in [7, 11) is 0. The van der Waals surface area contributed by atoms with E-state index in [9.17, 15) is 35.4 Å². The number of aliphatic hydroxyl groups is 6. The fourth-order valence-corrected chi connectivity index (χ4v) is 6.80. The normalized spacial score (nSPS) is 25.8. The summed E-state index contributed by atoms with van der Waals surface area (Å²) in [5, 5.41) is 63.1. The molecule has 0 aliphatic carbocycles. The van der Waals surface area contributed by atoms with E-state index in [0.717, 1.165) is 16.7 Å². The maximum absolute atomic E-state index is 14.7. The van der Waals surface area contributed by atoms with Crippen molar-refractivity contribution in [1.82, 2.24) is 0 Å². The topological polar surface area (TPSA) is 216 Å². The third kappa shape index (κ3) is 9.71. The lowest BCUT2D eigenvalue weighted by atomic mass is 9.99. The van der Waals surface area contributed by atoms with Crippen molar-refractivity contribution in [3.63, 3.8) is 0 Å². The average Bonchev–Trinajstić information content (AvgIpc) is 3.22. The second-order valence-electron chi connectivity index (χ2n) is 14.8. The maximum atomic E-state index is 14.7. The third-order valence-corrected chi connectivity index (χ3v) is 9.83. The predicted molar refractivity (Wildman–Crippen MR) is 211 cm³/mol. The standard InChI is InChI=1S/C44H48O15/c1-23(2)55-32-16-24(3)17-33-35(32)37(48)41(58-44-39(50)38(49)36(47)34(57-44)22-54-43-29(46)19-28(45)42(51)59-43)40(56-33)27-14-15-30(52-20-25-10-6-4-7-11-25)31(18-27)53-21-26-12-8-5-9-13-26/h4-18,23,28-29,34,36,38-39,42-47,49-51H,19-22H2,1-3H3/t28-,29?,34?,36-,38-,39?,42?,43-,44+/m1/s1. The molecule has 0 amide bonds. The van der Waals surface area contributed by atoms with E-state index in [-0.39, 0.29) is 48.2 Å². The molecule has 0 radical (unpaired) electrons. The summed E-state index contributed by atoms with van der Waals surface area (Å²) >= 11 is 0. The van der Waals surface area contributed by atoms with E-state index in [0.29, 0.717) is 17.1 Å². The summed E-state index contributed by atoms with van der Waals surface area (Å²) in [5.41, 5.74) is 2.36. The van der Waals surface area contributed by atoms with Crippen molar-refractivity contribution in [3.8, 4) is 34.3 Å². The molecule has 15 nitrogen and oxygen atoms in total. The Morgan fingerprint density at radius 2 is 1.37 bits per heavy atom. The summed E-state index contributed by atoms with van der Waals surface area (Å²) in [6.45, 7) is 5.33. The van der Waals surface area contributed by atoms with Gasteiger partial charge in [0.2, 0.25) is 17.5 Å². The lowest BCUT2D eigenvalue weighted by molar-refractivity contribution is -0.331. The monoisotopic (exact) mass is 816 g/mol. The van der Waals surface area contributed by atoms with Crippen molar-refractivity contribution in [2.75, 3.05) is 6.61 Å². The van der Waals surface area contributed by atoms with Crippen LogP contribution < -0.4 is 24.4 Å². The highest BCUT2D eigenvalue weighted by Gasteiger charge is 2.47. The highest BCUT2D eigenvalue weighted by atomic mass is 16.8. The molecule has 2 aliphatic rings. The molecule has 2 aliphatic heterocycles. The average molecular weight is 817 g/mol. The molecule has 3 heterocycles. The van der Waals surface area contributed by atoms with Crippen molar-refractivity contribution in [3.05, 3.63) is 118 Å². The number of hydrogen-bond acceptors (Lipinski definition) is 15. The highest BCUT2D eigenvalue weighted by molar-refractivity contribution is 5.88. The summed E-state index contributed by atoms with van der Waals surface area (Å²) in [4.78, 5) is 14.7. The largest absolute Gasteiger partial charge is 0.490 e. The van der Waals surface area contributed by atoms with Gasteiger partial charge in [0.25, 0.3) is 0 Å². The molecule has 6 N–H and O–H groups in total. The van der Waals surface area contributed by atoms with E-state index in [1.54, 1.807) is 44.2 Å². The van der Waals surface area contributed by atoms with Crippen LogP contribution >= 0.6 is 0 Å². The second-order valence-corrected chi connectivity index (χ2v) is 14.8. The first-order chi connectivity index (χ1) is 28.4. The minimum absolute atomic E-state index is 0.0429. The number of fused-ring (bicyclic) bond motifs is 1. The van der Waals surface area contributed by atoms with Crippen molar-refractivity contribution >= 4 is 11.0 Å². The lowest BCUT2D eigenvalue weighted by Gasteiger charge is -2.41. The second kappa shape index (κ2) is 18.5. The van der Waals surface area contributed by atoms with Crippen LogP contribution in [-0.2, 0) is 27.4 Å². The first-order valence-electron chi connectivity index (χ1n) is 19.3. The SMILES string of the molecule is Cc1cc(OC(C)C)c2c(=O)c(O[C@@H]3OC(CO[C@@H]4OC(O)[C@H](O)CC4O)[C@@H](O)[C@@H](O)C3O)c(-c3ccc(OCc4ccccc4)c(OCc4ccccc4)c3)oc2c1. The molecule has 2 saturated heterocycles. The third-order valence-electron chi connectivity index (χ3n) is 9.83. The van der Waals surface area contributed by atoms with Crippen LogP contribution in [0.5, 0.6) is 23.0 Å². The zero-order chi connectivity index (χ0) is 41.8. The van der Waals surface area contributed by atoms with E-state index in [1.807, 2.05) is 67.6 Å². The van der Waals surface area contributed by atoms with Crippen LogP contribution in [0.25, 0.3) is 22.3 Å². The predicted octanol–water partition coefficient (Wildman–Crippen LogP) is 3.70. The van der Waals surface area contributed by atoms with Gasteiger partial charge >= 0.3 is 0 Å². The van der Waals surface area contributed by atoms with Gasteiger partial charge in [0, 0.05) is 12.0 Å². The molecular weight excluding hydrogens is 768 g/mol. The summed E-state index contributed by atoms with van der Waals surface area (Å²) in [5.74, 6) is 0.443. The Hall–Kier alpha value is -5.07. The number of aliphatic hydroxyl groups excluding tert-OH is 6. The van der Waals surface area contributed by atoms with Gasteiger partial charge in [-0.15, -0.1) is 0 Å². The van der Waals surface area contributed by atoms with Gasteiger partial charge in [0.1, 0.15) is 66.6 Å². The number of rotatable bonds is 14. The highest BCUT2D eigenvalue weighted by Crippen LogP contribution is 2.40. The van der Waals surface area contributed by atoms with Gasteiger partial charge < -0.3 is 68.2 Å². The number of benzene rings is 4. The summed E-state index contributed by atoms with van der Waals surface area (Å²) < 4.78 is 47.9. The first kappa shape index (κ1) is 42.1. The molecule has 9 atom stereocenters. The van der Waals surface area contributed by atoms with E-state index in [2.05, 4.69) is 0 Å². The molecular formula is C44H48O15. The Morgan fingerprint density at radius 1 is 0.712 bits per heavy atom. The summed E-state index contributed by atoms with van der Waals surface area (Å²) in [6, 6.07) is 27.4. The van der Waals surface area contributed by atoms with Gasteiger partial charge in [-0.2, -0.15) is 0 Å². The van der Waals surface area contributed by atoms with Gasteiger partial charge in [0.05, 0.1) is 12.7 Å². The van der Waals surface area contributed by atoms with Gasteiger partial charge in [0.15, 0.2) is 29.8 Å². The number of ether oxygens (including phenoxy) is 7. The Morgan fingerprint density at radius 3 is 2.03 bits per heavy atom. The van der Waals surface area contributed by atoms with Crippen LogP contribution in [0.2, 0.25) is 0 Å². The van der Waals surface area contributed by atoms with E-state index >= 15 is 0 Å². The van der Waals surface area contributed by atoms with E-state index < -0.39 is 73.3 Å². The van der Waals surface area contributed by atoms with Crippen molar-refractivity contribution < 1.29 is 68.2 Å². The molecule has 0 spiro atoms. The van der Waals surface area contributed by atoms with Gasteiger partial charge in [-0.1, -0.05) is 60.7 Å². The minimum atomic E-state index is -1.89. The van der Waals surface area contributed by atoms with Gasteiger partial charge in [-0.05, 0) is 67.8 Å². The Kier molecular flexibility index (Phi) is 13.2. The molecule has 7 rings (SSSR count). The Balaban J connectivity index is 1.27. The van der Waals surface area contributed by atoms with Crippen LogP contribution in [0.4, 0.5) is 0 Å². The molecule has 0 bridgehead atoms. The molecule has 5 aromatic rings. The smallest absolute Gasteiger partial charge is 0.239 e. The van der Waals surface area contributed by atoms with E-state index in [4.69, 9.17) is 37.6 Å². The number of hydrogen-bond donors (Lipinski definition) is 6. The zero-order valence-electron chi connectivity index (χ0n) is 32.6. The van der Waals surface area contributed by atoms with Gasteiger partial charge in [-0.25, -0.2) is 0 Å². The fourth-order valence-electron chi connectivity index (χ4n) is 6.80. The quantitative estimate of drug-likeness (QED) is 0.0943. The van der Waals surface area contributed by atoms with Gasteiger partial charge in [-0.3, -0.25) is 4.79 Å². The molecule has 59 heavy (non-hydrogen) atoms. The Labute approximate surface area is 339 Å². The van der Waals surface area contributed by atoms with Crippen molar-refractivity contribution in [2.24, 2.45) is 0 Å². The van der Waals surface area contributed by atoms with E-state index in [1.165, 1.54) is 0 Å². The van der Waals surface area contributed by atoms with Crippen LogP contribution in [0.1, 0.15) is 37.0 Å². The van der Waals surface area contributed by atoms with Crippen LogP contribution in [0.3, 0.4) is 0 Å². The zero-order valence-corrected chi connectivity index (χ0v) is 32.6. The molecule has 1 aromatic heterocycles. The number of aryl methyl sites for hydroxylation is 1. The fraction of sp³-hybridized carbons (Fsp3) is 0.386. The molecule has 15 heteroatoms. The van der Waals surface area contributed by atoms with Crippen molar-refractivity contribution in [2.45, 2.75) is 102 Å². The maximum Gasteiger partial charge on any atom is 0.239 e. The lowest BCUT2D eigenvalue weighted by Crippen LogP contribution is -2.61. The van der Waals surface area contributed by atoms with Crippen LogP contribution in [-0.4, -0.2) is 98.8 Å². The molecule has 4 unspecified atom stereocenters. The van der Waals surface area contributed by atoms with Crippen LogP contribution in [0, 0.1) is 6.92 Å². The molecule has 2 fully saturated rings. The summed E-state index contributed by atoms with van der Waals surface area (Å²) in [6.07, 6.45) is -15.0. The molecule has 314 valence electrons. The first-order valence-corrected chi connectivity index (χ1v) is 19.3. The van der Waals surface area contributed by atoms with Crippen LogP contribution in [0.15, 0.2) is 100 Å². The molecule has 0 saturated carbocycles.